The fraction of sp³-hybridized carbons (Fsp3) is 0.391. The summed E-state index contributed by atoms with van der Waals surface area (Å²) >= 11 is 0. The SMILES string of the molecule is Cc1ccc(C(=O)N2CCC(C(=O)NCCc3ccccc3F)CC2)c(C)c1. The van der Waals surface area contributed by atoms with Crippen LogP contribution in [0.4, 0.5) is 4.39 Å². The number of piperidine rings is 1. The van der Waals surface area contributed by atoms with Crippen LogP contribution in [0.15, 0.2) is 42.5 Å². The fourth-order valence-electron chi connectivity index (χ4n) is 3.73. The van der Waals surface area contributed by atoms with Crippen LogP contribution < -0.4 is 5.32 Å². The molecule has 4 nitrogen and oxygen atoms in total. The van der Waals surface area contributed by atoms with E-state index in [0.29, 0.717) is 44.5 Å². The zero-order chi connectivity index (χ0) is 20.1. The molecule has 2 amide bonds. The van der Waals surface area contributed by atoms with Crippen LogP contribution in [0.3, 0.4) is 0 Å². The molecule has 0 bridgehead atoms. The van der Waals surface area contributed by atoms with Gasteiger partial charge in [0.05, 0.1) is 0 Å². The number of hydrogen-bond donors (Lipinski definition) is 1. The predicted molar refractivity (Wildman–Crippen MR) is 108 cm³/mol. The summed E-state index contributed by atoms with van der Waals surface area (Å²) in [5.74, 6) is -0.301. The van der Waals surface area contributed by atoms with E-state index in [0.717, 1.165) is 16.7 Å². The lowest BCUT2D eigenvalue weighted by atomic mass is 9.94. The van der Waals surface area contributed by atoms with Crippen LogP contribution in [0.25, 0.3) is 0 Å². The molecule has 148 valence electrons. The number of benzene rings is 2. The number of carbonyl (C=O) groups excluding carboxylic acids is 2. The summed E-state index contributed by atoms with van der Waals surface area (Å²) in [6, 6.07) is 12.5. The fourth-order valence-corrected chi connectivity index (χ4v) is 3.73. The number of amides is 2. The van der Waals surface area contributed by atoms with Crippen molar-refractivity contribution in [2.24, 2.45) is 5.92 Å². The lowest BCUT2D eigenvalue weighted by molar-refractivity contribution is -0.126. The van der Waals surface area contributed by atoms with Crippen molar-refractivity contribution in [3.05, 3.63) is 70.5 Å². The van der Waals surface area contributed by atoms with E-state index in [-0.39, 0.29) is 23.5 Å². The summed E-state index contributed by atoms with van der Waals surface area (Å²) in [5.41, 5.74) is 3.47. The molecule has 0 aliphatic carbocycles. The molecule has 1 N–H and O–H groups in total. The van der Waals surface area contributed by atoms with Crippen LogP contribution in [-0.2, 0) is 11.2 Å². The average Bonchev–Trinajstić information content (AvgIpc) is 2.69. The van der Waals surface area contributed by atoms with Gasteiger partial charge in [0.15, 0.2) is 0 Å². The van der Waals surface area contributed by atoms with Gasteiger partial charge in [-0.25, -0.2) is 4.39 Å². The summed E-state index contributed by atoms with van der Waals surface area (Å²) in [6.45, 7) is 5.55. The molecule has 2 aromatic rings. The minimum atomic E-state index is -0.241. The van der Waals surface area contributed by atoms with Gasteiger partial charge in [0, 0.05) is 31.1 Å². The second-order valence-electron chi connectivity index (χ2n) is 7.52. The van der Waals surface area contributed by atoms with Gasteiger partial charge in [0.25, 0.3) is 5.91 Å². The number of nitrogens with zero attached hydrogens (tertiary/aromatic N) is 1. The van der Waals surface area contributed by atoms with Crippen molar-refractivity contribution in [2.75, 3.05) is 19.6 Å². The highest BCUT2D eigenvalue weighted by Crippen LogP contribution is 2.21. The van der Waals surface area contributed by atoms with Crippen LogP contribution in [0, 0.1) is 25.6 Å². The smallest absolute Gasteiger partial charge is 0.254 e. The Hall–Kier alpha value is -2.69. The Morgan fingerprint density at radius 1 is 1.11 bits per heavy atom. The van der Waals surface area contributed by atoms with Crippen molar-refractivity contribution in [1.82, 2.24) is 10.2 Å². The van der Waals surface area contributed by atoms with Crippen molar-refractivity contribution >= 4 is 11.8 Å². The Kier molecular flexibility index (Phi) is 6.45. The number of rotatable bonds is 5. The maximum absolute atomic E-state index is 13.6. The van der Waals surface area contributed by atoms with Gasteiger partial charge >= 0.3 is 0 Å². The Morgan fingerprint density at radius 3 is 2.50 bits per heavy atom. The molecule has 0 aromatic heterocycles. The number of likely N-dealkylation sites (tertiary alicyclic amines) is 1. The van der Waals surface area contributed by atoms with E-state index in [9.17, 15) is 14.0 Å². The largest absolute Gasteiger partial charge is 0.356 e. The number of aryl methyl sites for hydroxylation is 2. The van der Waals surface area contributed by atoms with E-state index in [1.807, 2.05) is 36.9 Å². The third-order valence-corrected chi connectivity index (χ3v) is 5.42. The molecule has 0 spiro atoms. The first kappa shape index (κ1) is 20.1. The second-order valence-corrected chi connectivity index (χ2v) is 7.52. The van der Waals surface area contributed by atoms with Gasteiger partial charge in [-0.05, 0) is 56.4 Å². The van der Waals surface area contributed by atoms with Gasteiger partial charge < -0.3 is 10.2 Å². The van der Waals surface area contributed by atoms with Crippen LogP contribution >= 0.6 is 0 Å². The molecule has 1 saturated heterocycles. The van der Waals surface area contributed by atoms with E-state index in [1.54, 1.807) is 18.2 Å². The van der Waals surface area contributed by atoms with E-state index < -0.39 is 0 Å². The van der Waals surface area contributed by atoms with Crippen LogP contribution in [-0.4, -0.2) is 36.3 Å². The number of nitrogens with one attached hydrogen (secondary N) is 1. The zero-order valence-electron chi connectivity index (χ0n) is 16.5. The Balaban J connectivity index is 1.47. The zero-order valence-corrected chi connectivity index (χ0v) is 16.5. The molecule has 2 aromatic carbocycles. The second kappa shape index (κ2) is 9.00. The van der Waals surface area contributed by atoms with Gasteiger partial charge in [-0.1, -0.05) is 35.9 Å². The molecule has 1 heterocycles. The quantitative estimate of drug-likeness (QED) is 0.858. The van der Waals surface area contributed by atoms with Gasteiger partial charge in [-0.3, -0.25) is 9.59 Å². The first-order chi connectivity index (χ1) is 13.5. The lowest BCUT2D eigenvalue weighted by Crippen LogP contribution is -2.43. The first-order valence-corrected chi connectivity index (χ1v) is 9.83. The van der Waals surface area contributed by atoms with Gasteiger partial charge in [0.1, 0.15) is 5.82 Å². The van der Waals surface area contributed by atoms with Gasteiger partial charge in [0.2, 0.25) is 5.91 Å². The molecule has 1 aliphatic heterocycles. The van der Waals surface area contributed by atoms with E-state index >= 15 is 0 Å². The Morgan fingerprint density at radius 2 is 1.82 bits per heavy atom. The summed E-state index contributed by atoms with van der Waals surface area (Å²) in [5, 5.41) is 2.91. The first-order valence-electron chi connectivity index (χ1n) is 9.83. The van der Waals surface area contributed by atoms with Crippen LogP contribution in [0.1, 0.15) is 39.9 Å². The highest BCUT2D eigenvalue weighted by molar-refractivity contribution is 5.96. The third kappa shape index (κ3) is 4.77. The van der Waals surface area contributed by atoms with Crippen molar-refractivity contribution < 1.29 is 14.0 Å². The molecular formula is C23H27FN2O2. The van der Waals surface area contributed by atoms with Gasteiger partial charge in [-0.15, -0.1) is 0 Å². The van der Waals surface area contributed by atoms with E-state index in [1.165, 1.54) is 6.07 Å². The Labute approximate surface area is 165 Å². The topological polar surface area (TPSA) is 49.4 Å². The average molecular weight is 382 g/mol. The molecule has 0 saturated carbocycles. The molecule has 28 heavy (non-hydrogen) atoms. The highest BCUT2D eigenvalue weighted by Gasteiger charge is 2.28. The summed E-state index contributed by atoms with van der Waals surface area (Å²) in [7, 11) is 0. The van der Waals surface area contributed by atoms with Crippen molar-refractivity contribution in [3.8, 4) is 0 Å². The number of halogens is 1. The number of hydrogen-bond acceptors (Lipinski definition) is 2. The van der Waals surface area contributed by atoms with E-state index in [4.69, 9.17) is 0 Å². The molecule has 1 aliphatic rings. The molecule has 1 fully saturated rings. The summed E-state index contributed by atoms with van der Waals surface area (Å²) in [6.07, 6.45) is 1.78. The predicted octanol–water partition coefficient (Wildman–Crippen LogP) is 3.65. The minimum absolute atomic E-state index is 0.00467. The number of carbonyl (C=O) groups is 2. The Bertz CT molecular complexity index is 857. The molecule has 0 radical (unpaired) electrons. The minimum Gasteiger partial charge on any atom is -0.356 e. The lowest BCUT2D eigenvalue weighted by Gasteiger charge is -2.31. The molecule has 0 unspecified atom stereocenters. The van der Waals surface area contributed by atoms with Crippen molar-refractivity contribution in [2.45, 2.75) is 33.1 Å². The van der Waals surface area contributed by atoms with Crippen LogP contribution in [0.2, 0.25) is 0 Å². The monoisotopic (exact) mass is 382 g/mol. The van der Waals surface area contributed by atoms with Crippen molar-refractivity contribution in [1.29, 1.82) is 0 Å². The molecule has 0 atom stereocenters. The normalized spacial score (nSPS) is 14.8. The third-order valence-electron chi connectivity index (χ3n) is 5.42. The van der Waals surface area contributed by atoms with Crippen LogP contribution in [0.5, 0.6) is 0 Å². The van der Waals surface area contributed by atoms with Gasteiger partial charge in [-0.2, -0.15) is 0 Å². The molecule has 3 rings (SSSR count). The maximum Gasteiger partial charge on any atom is 0.254 e. The maximum atomic E-state index is 13.6. The summed E-state index contributed by atoms with van der Waals surface area (Å²) < 4.78 is 13.6. The standard InChI is InChI=1S/C23H27FN2O2/c1-16-7-8-20(17(2)15-16)23(28)26-13-10-19(11-14-26)22(27)25-12-9-18-5-3-4-6-21(18)24/h3-8,15,19H,9-14H2,1-2H3,(H,25,27). The molecular weight excluding hydrogens is 355 g/mol. The molecule has 5 heteroatoms. The highest BCUT2D eigenvalue weighted by atomic mass is 19.1. The summed E-state index contributed by atoms with van der Waals surface area (Å²) in [4.78, 5) is 27.0. The van der Waals surface area contributed by atoms with Crippen molar-refractivity contribution in [3.63, 3.8) is 0 Å². The van der Waals surface area contributed by atoms with E-state index in [2.05, 4.69) is 5.32 Å².